The van der Waals surface area contributed by atoms with Gasteiger partial charge in [0.1, 0.15) is 0 Å². The van der Waals surface area contributed by atoms with Crippen molar-refractivity contribution >= 4 is 23.4 Å². The highest BCUT2D eigenvalue weighted by atomic mass is 16.2. The molecule has 6 heteroatoms. The van der Waals surface area contributed by atoms with E-state index in [1.807, 2.05) is 6.07 Å². The number of carbonyl (C=O) groups excluding carboxylic acids is 3. The second-order valence-electron chi connectivity index (χ2n) is 7.25. The fourth-order valence-electron chi connectivity index (χ4n) is 3.44. The normalized spacial score (nSPS) is 13.7. The van der Waals surface area contributed by atoms with Gasteiger partial charge < -0.3 is 10.2 Å². The van der Waals surface area contributed by atoms with Gasteiger partial charge in [-0.25, -0.2) is 0 Å². The van der Waals surface area contributed by atoms with Crippen LogP contribution in [-0.4, -0.2) is 42.3 Å². The summed E-state index contributed by atoms with van der Waals surface area (Å²) in [5.74, 6) is -0.401. The fourth-order valence-corrected chi connectivity index (χ4v) is 3.44. The van der Waals surface area contributed by atoms with Crippen molar-refractivity contribution in [3.63, 3.8) is 0 Å². The van der Waals surface area contributed by atoms with E-state index in [1.165, 1.54) is 10.5 Å². The number of nitrogens with zero attached hydrogens (tertiary/aromatic N) is 2. The number of benzene rings is 2. The maximum atomic E-state index is 12.4. The molecule has 1 heterocycles. The van der Waals surface area contributed by atoms with Gasteiger partial charge in [-0.1, -0.05) is 24.3 Å². The predicted octanol–water partition coefficient (Wildman–Crippen LogP) is 2.90. The summed E-state index contributed by atoms with van der Waals surface area (Å²) in [6.45, 7) is 6.56. The molecule has 2 aromatic carbocycles. The lowest BCUT2D eigenvalue weighted by Crippen LogP contribution is -2.35. The molecule has 0 unspecified atom stereocenters. The number of imide groups is 1. The minimum atomic E-state index is -0.134. The van der Waals surface area contributed by atoms with Crippen molar-refractivity contribution in [3.05, 3.63) is 65.2 Å². The van der Waals surface area contributed by atoms with Crippen molar-refractivity contribution < 1.29 is 14.4 Å². The molecule has 29 heavy (non-hydrogen) atoms. The summed E-state index contributed by atoms with van der Waals surface area (Å²) >= 11 is 0. The van der Waals surface area contributed by atoms with E-state index in [1.54, 1.807) is 24.3 Å². The molecule has 6 nitrogen and oxygen atoms in total. The van der Waals surface area contributed by atoms with Crippen LogP contribution in [0, 0.1) is 6.92 Å². The second-order valence-corrected chi connectivity index (χ2v) is 7.25. The average molecular weight is 393 g/mol. The topological polar surface area (TPSA) is 69.7 Å². The summed E-state index contributed by atoms with van der Waals surface area (Å²) in [6.07, 6.45) is 0.577. The quantitative estimate of drug-likeness (QED) is 0.700. The second kappa shape index (κ2) is 9.37. The summed E-state index contributed by atoms with van der Waals surface area (Å²) in [4.78, 5) is 39.4. The average Bonchev–Trinajstić information content (AvgIpc) is 3.03. The predicted molar refractivity (Wildman–Crippen MR) is 113 cm³/mol. The smallest absolute Gasteiger partial charge is 0.251 e. The molecule has 1 fully saturated rings. The Morgan fingerprint density at radius 1 is 1.07 bits per heavy atom. The molecule has 0 bridgehead atoms. The van der Waals surface area contributed by atoms with E-state index in [-0.39, 0.29) is 37.1 Å². The largest absolute Gasteiger partial charge is 0.370 e. The van der Waals surface area contributed by atoms with Crippen LogP contribution in [0.5, 0.6) is 0 Å². The van der Waals surface area contributed by atoms with Crippen LogP contribution in [0.25, 0.3) is 0 Å². The van der Waals surface area contributed by atoms with Crippen LogP contribution >= 0.6 is 0 Å². The monoisotopic (exact) mass is 393 g/mol. The van der Waals surface area contributed by atoms with Crippen molar-refractivity contribution in [2.75, 3.05) is 24.5 Å². The molecule has 0 saturated carbocycles. The molecule has 1 aliphatic heterocycles. The van der Waals surface area contributed by atoms with E-state index in [4.69, 9.17) is 0 Å². The molecule has 0 spiro atoms. The van der Waals surface area contributed by atoms with Crippen LogP contribution < -0.4 is 10.2 Å². The Kier molecular flexibility index (Phi) is 6.65. The molecule has 0 aliphatic carbocycles. The van der Waals surface area contributed by atoms with Crippen molar-refractivity contribution in [1.29, 1.82) is 0 Å². The van der Waals surface area contributed by atoms with Gasteiger partial charge in [0.05, 0.1) is 6.54 Å². The van der Waals surface area contributed by atoms with E-state index < -0.39 is 0 Å². The van der Waals surface area contributed by atoms with E-state index in [2.05, 4.69) is 42.3 Å². The van der Waals surface area contributed by atoms with Crippen LogP contribution in [-0.2, 0) is 16.1 Å². The third-order valence-electron chi connectivity index (χ3n) is 5.13. The van der Waals surface area contributed by atoms with Crippen LogP contribution in [0.15, 0.2) is 48.5 Å². The minimum absolute atomic E-state index is 0.133. The van der Waals surface area contributed by atoms with Gasteiger partial charge in [-0.15, -0.1) is 0 Å². The number of anilines is 1. The molecular weight excluding hydrogens is 366 g/mol. The Morgan fingerprint density at radius 3 is 2.38 bits per heavy atom. The van der Waals surface area contributed by atoms with Gasteiger partial charge in [-0.05, 0) is 49.2 Å². The third kappa shape index (κ3) is 5.22. The zero-order chi connectivity index (χ0) is 20.8. The van der Waals surface area contributed by atoms with Crippen LogP contribution in [0.2, 0.25) is 0 Å². The maximum Gasteiger partial charge on any atom is 0.251 e. The zero-order valence-electron chi connectivity index (χ0n) is 17.0. The first kappa shape index (κ1) is 20.6. The Morgan fingerprint density at radius 2 is 1.76 bits per heavy atom. The Bertz CT molecular complexity index is 876. The minimum Gasteiger partial charge on any atom is -0.370 e. The van der Waals surface area contributed by atoms with Crippen LogP contribution in [0.4, 0.5) is 5.69 Å². The number of aryl methyl sites for hydroxylation is 1. The SMILES string of the molecule is CCN(CCNC(=O)c1ccc(CN2C(=O)CCC2=O)cc1)c1cccc(C)c1. The standard InChI is InChI=1S/C23H27N3O3/c1-3-25(20-6-4-5-17(2)15-20)14-13-24-23(29)19-9-7-18(8-10-19)16-26-21(27)11-12-22(26)28/h4-10,15H,3,11-14,16H2,1-2H3,(H,24,29). The lowest BCUT2D eigenvalue weighted by atomic mass is 10.1. The molecule has 0 radical (unpaired) electrons. The van der Waals surface area contributed by atoms with Crippen molar-refractivity contribution in [2.24, 2.45) is 0 Å². The van der Waals surface area contributed by atoms with Gasteiger partial charge in [0.15, 0.2) is 0 Å². The molecule has 1 saturated heterocycles. The van der Waals surface area contributed by atoms with Gasteiger partial charge in [-0.2, -0.15) is 0 Å². The first-order chi connectivity index (χ1) is 14.0. The molecule has 0 aromatic heterocycles. The zero-order valence-corrected chi connectivity index (χ0v) is 17.0. The van der Waals surface area contributed by atoms with Gasteiger partial charge >= 0.3 is 0 Å². The summed E-state index contributed by atoms with van der Waals surface area (Å²) in [7, 11) is 0. The van der Waals surface area contributed by atoms with E-state index >= 15 is 0 Å². The van der Waals surface area contributed by atoms with Crippen LogP contribution in [0.3, 0.4) is 0 Å². The van der Waals surface area contributed by atoms with Crippen molar-refractivity contribution in [2.45, 2.75) is 33.2 Å². The number of nitrogens with one attached hydrogen (secondary N) is 1. The number of hydrogen-bond donors (Lipinski definition) is 1. The molecule has 1 aliphatic rings. The number of hydrogen-bond acceptors (Lipinski definition) is 4. The number of likely N-dealkylation sites (N-methyl/N-ethyl adjacent to an activating group) is 1. The molecule has 2 aromatic rings. The number of likely N-dealkylation sites (tertiary alicyclic amines) is 1. The summed E-state index contributed by atoms with van der Waals surface area (Å²) in [5.41, 5.74) is 3.76. The van der Waals surface area contributed by atoms with Gasteiger partial charge in [0.25, 0.3) is 5.91 Å². The first-order valence-electron chi connectivity index (χ1n) is 10.00. The van der Waals surface area contributed by atoms with Gasteiger partial charge in [0, 0.05) is 43.7 Å². The lowest BCUT2D eigenvalue weighted by Gasteiger charge is -2.23. The summed E-state index contributed by atoms with van der Waals surface area (Å²) < 4.78 is 0. The van der Waals surface area contributed by atoms with Crippen LogP contribution in [0.1, 0.15) is 41.3 Å². The number of amides is 3. The highest BCUT2D eigenvalue weighted by Crippen LogP contribution is 2.17. The van der Waals surface area contributed by atoms with Crippen molar-refractivity contribution in [3.8, 4) is 0 Å². The lowest BCUT2D eigenvalue weighted by molar-refractivity contribution is -0.139. The van der Waals surface area contributed by atoms with E-state index in [9.17, 15) is 14.4 Å². The Balaban J connectivity index is 1.51. The molecule has 152 valence electrons. The molecule has 3 rings (SSSR count). The molecule has 0 atom stereocenters. The third-order valence-corrected chi connectivity index (χ3v) is 5.13. The van der Waals surface area contributed by atoms with Gasteiger partial charge in [0.2, 0.25) is 11.8 Å². The maximum absolute atomic E-state index is 12.4. The highest BCUT2D eigenvalue weighted by Gasteiger charge is 2.28. The van der Waals surface area contributed by atoms with E-state index in [0.717, 1.165) is 24.3 Å². The summed E-state index contributed by atoms with van der Waals surface area (Å²) in [5, 5.41) is 2.96. The first-order valence-corrected chi connectivity index (χ1v) is 10.00. The van der Waals surface area contributed by atoms with E-state index in [0.29, 0.717) is 12.1 Å². The number of rotatable bonds is 8. The summed E-state index contributed by atoms with van der Waals surface area (Å²) in [6, 6.07) is 15.4. The van der Waals surface area contributed by atoms with Gasteiger partial charge in [-0.3, -0.25) is 19.3 Å². The number of carbonyl (C=O) groups is 3. The highest BCUT2D eigenvalue weighted by molar-refractivity contribution is 6.01. The van der Waals surface area contributed by atoms with Crippen molar-refractivity contribution in [1.82, 2.24) is 10.2 Å². The Hall–Kier alpha value is -3.15. The molecule has 1 N–H and O–H groups in total. The Labute approximate surface area is 171 Å². The fraction of sp³-hybridized carbons (Fsp3) is 0.348. The molecule has 3 amide bonds. The molecular formula is C23H27N3O3.